The van der Waals surface area contributed by atoms with Gasteiger partial charge >= 0.3 is 0 Å². The van der Waals surface area contributed by atoms with E-state index in [0.717, 1.165) is 22.4 Å². The SMILES string of the molecule is C=CCN(Cc1ccccc1)C(=O)[C@H]1[C@H]2C(=O)N([C@H](CO)c3ccccc3)C(C(=O)N(CC=C)c3c(C)cccc3C)C23CC[C@]1(C)O3. The maximum atomic E-state index is 15.2. The summed E-state index contributed by atoms with van der Waals surface area (Å²) in [5, 5.41) is 10.9. The number of aryl methyl sites for hydroxylation is 2. The summed E-state index contributed by atoms with van der Waals surface area (Å²) in [4.78, 5) is 50.0. The lowest BCUT2D eigenvalue weighted by Gasteiger charge is -2.40. The van der Waals surface area contributed by atoms with Gasteiger partial charge in [0.2, 0.25) is 11.8 Å². The molecule has 2 bridgehead atoms. The second-order valence-corrected chi connectivity index (χ2v) is 13.6. The summed E-state index contributed by atoms with van der Waals surface area (Å²) in [6, 6.07) is 22.9. The monoisotopic (exact) mass is 647 g/mol. The number of para-hydroxylation sites is 1. The number of benzene rings is 3. The van der Waals surface area contributed by atoms with Gasteiger partial charge in [0.15, 0.2) is 0 Å². The number of aliphatic hydroxyl groups is 1. The molecule has 3 fully saturated rings. The highest BCUT2D eigenvalue weighted by Crippen LogP contribution is 2.64. The second-order valence-electron chi connectivity index (χ2n) is 13.6. The van der Waals surface area contributed by atoms with E-state index in [4.69, 9.17) is 4.74 Å². The Balaban J connectivity index is 1.49. The fourth-order valence-corrected chi connectivity index (χ4v) is 8.57. The number of carbonyl (C=O) groups is 3. The number of carbonyl (C=O) groups excluding carboxylic acids is 3. The van der Waals surface area contributed by atoms with Gasteiger partial charge in [0.25, 0.3) is 5.91 Å². The number of anilines is 1. The molecule has 0 aromatic heterocycles. The smallest absolute Gasteiger partial charge is 0.253 e. The first kappa shape index (κ1) is 33.4. The number of likely N-dealkylation sites (tertiary alicyclic amines) is 1. The Morgan fingerprint density at radius 1 is 0.938 bits per heavy atom. The molecule has 3 aliphatic heterocycles. The van der Waals surface area contributed by atoms with Gasteiger partial charge in [-0.25, -0.2) is 0 Å². The van der Waals surface area contributed by atoms with Crippen molar-refractivity contribution in [3.63, 3.8) is 0 Å². The fraction of sp³-hybridized carbons (Fsp3) is 0.375. The summed E-state index contributed by atoms with van der Waals surface area (Å²) in [6.07, 6.45) is 4.31. The third-order valence-corrected chi connectivity index (χ3v) is 10.6. The van der Waals surface area contributed by atoms with E-state index in [0.29, 0.717) is 31.5 Å². The summed E-state index contributed by atoms with van der Waals surface area (Å²) >= 11 is 0. The highest BCUT2D eigenvalue weighted by Gasteiger charge is 2.79. The maximum absolute atomic E-state index is 15.2. The van der Waals surface area contributed by atoms with Crippen LogP contribution in [-0.2, 0) is 25.7 Å². The predicted molar refractivity (Wildman–Crippen MR) is 186 cm³/mol. The molecule has 3 aromatic carbocycles. The van der Waals surface area contributed by atoms with Crippen LogP contribution in [0.1, 0.15) is 48.1 Å². The van der Waals surface area contributed by atoms with Gasteiger partial charge in [0.1, 0.15) is 11.6 Å². The largest absolute Gasteiger partial charge is 0.394 e. The van der Waals surface area contributed by atoms with Crippen molar-refractivity contribution in [2.45, 2.75) is 63.4 Å². The Morgan fingerprint density at radius 3 is 2.17 bits per heavy atom. The van der Waals surface area contributed by atoms with Gasteiger partial charge in [-0.15, -0.1) is 13.2 Å². The van der Waals surface area contributed by atoms with E-state index >= 15 is 9.59 Å². The van der Waals surface area contributed by atoms with Gasteiger partial charge in [-0.1, -0.05) is 91.0 Å². The van der Waals surface area contributed by atoms with Crippen molar-refractivity contribution >= 4 is 23.4 Å². The molecule has 0 radical (unpaired) electrons. The Morgan fingerprint density at radius 2 is 1.56 bits per heavy atom. The first-order chi connectivity index (χ1) is 23.1. The van der Waals surface area contributed by atoms with Gasteiger partial charge in [-0.05, 0) is 55.9 Å². The number of aliphatic hydroxyl groups excluding tert-OH is 1. The van der Waals surface area contributed by atoms with E-state index < -0.39 is 41.7 Å². The van der Waals surface area contributed by atoms with E-state index in [1.807, 2.05) is 99.6 Å². The van der Waals surface area contributed by atoms with Crippen LogP contribution in [0.4, 0.5) is 5.69 Å². The van der Waals surface area contributed by atoms with Crippen LogP contribution in [0, 0.1) is 25.7 Å². The summed E-state index contributed by atoms with van der Waals surface area (Å²) < 4.78 is 6.98. The number of fused-ring (bicyclic) bond motifs is 1. The van der Waals surface area contributed by atoms with Gasteiger partial charge in [-0.3, -0.25) is 14.4 Å². The summed E-state index contributed by atoms with van der Waals surface area (Å²) in [7, 11) is 0. The zero-order valence-corrected chi connectivity index (χ0v) is 28.0. The predicted octanol–water partition coefficient (Wildman–Crippen LogP) is 5.54. The minimum Gasteiger partial charge on any atom is -0.394 e. The molecule has 1 N–H and O–H groups in total. The number of nitrogens with zero attached hydrogens (tertiary/aromatic N) is 3. The molecule has 6 rings (SSSR count). The maximum Gasteiger partial charge on any atom is 0.253 e. The second kappa shape index (κ2) is 13.2. The summed E-state index contributed by atoms with van der Waals surface area (Å²) in [6.45, 7) is 14.1. The molecule has 3 saturated heterocycles. The first-order valence-corrected chi connectivity index (χ1v) is 16.7. The van der Waals surface area contributed by atoms with E-state index in [1.165, 1.54) is 4.90 Å². The lowest BCUT2D eigenvalue weighted by molar-refractivity contribution is -0.152. The Kier molecular flexibility index (Phi) is 9.16. The molecule has 6 atom stereocenters. The van der Waals surface area contributed by atoms with Gasteiger partial charge in [0.05, 0.1) is 30.1 Å². The topological polar surface area (TPSA) is 90.4 Å². The van der Waals surface area contributed by atoms with E-state index in [2.05, 4.69) is 13.2 Å². The fourth-order valence-electron chi connectivity index (χ4n) is 8.57. The lowest BCUT2D eigenvalue weighted by atomic mass is 9.66. The highest BCUT2D eigenvalue weighted by molar-refractivity contribution is 6.06. The minimum atomic E-state index is -1.27. The third-order valence-electron chi connectivity index (χ3n) is 10.6. The average Bonchev–Trinajstić information content (AvgIpc) is 3.65. The zero-order chi connectivity index (χ0) is 34.2. The Labute approximate surface area is 283 Å². The van der Waals surface area contributed by atoms with Crippen molar-refractivity contribution in [2.75, 3.05) is 24.6 Å². The van der Waals surface area contributed by atoms with E-state index in [-0.39, 0.29) is 24.3 Å². The standard InChI is InChI=1S/C40H45N3O5/c1-6-23-41(25-29-17-10-8-11-18-29)36(45)32-33-37(46)43(31(26-44)30-19-12-9-13-20-30)35(40(33)22-21-39(32,5)48-40)38(47)42(24-7-2)34-27(3)15-14-16-28(34)4/h6-20,31-33,35,44H,1-2,21-26H2,3-5H3/t31-,32-,33+,35?,39+,40?/m1/s1. The molecule has 48 heavy (non-hydrogen) atoms. The normalized spacial score (nSPS) is 26.2. The molecule has 3 heterocycles. The van der Waals surface area contributed by atoms with Crippen LogP contribution in [-0.4, -0.2) is 69.6 Å². The van der Waals surface area contributed by atoms with Gasteiger partial charge in [0, 0.05) is 25.3 Å². The van der Waals surface area contributed by atoms with Crippen molar-refractivity contribution in [3.8, 4) is 0 Å². The van der Waals surface area contributed by atoms with E-state index in [1.54, 1.807) is 22.0 Å². The van der Waals surface area contributed by atoms with Crippen LogP contribution in [0.15, 0.2) is 104 Å². The van der Waals surface area contributed by atoms with Crippen LogP contribution < -0.4 is 4.90 Å². The molecule has 2 unspecified atom stereocenters. The minimum absolute atomic E-state index is 0.202. The van der Waals surface area contributed by atoms with Crippen molar-refractivity contribution in [3.05, 3.63) is 126 Å². The summed E-state index contributed by atoms with van der Waals surface area (Å²) in [5.74, 6) is -2.61. The Hall–Kier alpha value is -4.53. The number of amides is 3. The molecule has 250 valence electrons. The highest BCUT2D eigenvalue weighted by atomic mass is 16.5. The molecule has 1 spiro atoms. The lowest BCUT2D eigenvalue weighted by Crippen LogP contribution is -2.57. The van der Waals surface area contributed by atoms with Gasteiger partial charge in [-0.2, -0.15) is 0 Å². The van der Waals surface area contributed by atoms with Crippen molar-refractivity contribution in [1.29, 1.82) is 0 Å². The molecule has 3 amide bonds. The average molecular weight is 648 g/mol. The Bertz CT molecular complexity index is 1690. The number of hydrogen-bond donors (Lipinski definition) is 1. The molecule has 8 heteroatoms. The molecule has 3 aromatic rings. The van der Waals surface area contributed by atoms with Crippen LogP contribution in [0.25, 0.3) is 0 Å². The third kappa shape index (κ3) is 5.37. The van der Waals surface area contributed by atoms with Crippen molar-refractivity contribution < 1.29 is 24.2 Å². The first-order valence-electron chi connectivity index (χ1n) is 16.7. The number of hydrogen-bond acceptors (Lipinski definition) is 5. The van der Waals surface area contributed by atoms with Crippen LogP contribution in [0.5, 0.6) is 0 Å². The van der Waals surface area contributed by atoms with Crippen molar-refractivity contribution in [2.24, 2.45) is 11.8 Å². The molecular weight excluding hydrogens is 602 g/mol. The molecule has 0 saturated carbocycles. The molecule has 3 aliphatic rings. The van der Waals surface area contributed by atoms with Crippen LogP contribution >= 0.6 is 0 Å². The van der Waals surface area contributed by atoms with Gasteiger partial charge < -0.3 is 24.5 Å². The van der Waals surface area contributed by atoms with Crippen LogP contribution in [0.2, 0.25) is 0 Å². The van der Waals surface area contributed by atoms with E-state index in [9.17, 15) is 9.90 Å². The van der Waals surface area contributed by atoms with Crippen LogP contribution in [0.3, 0.4) is 0 Å². The molecule has 8 nitrogen and oxygen atoms in total. The number of ether oxygens (including phenoxy) is 1. The molecular formula is C40H45N3O5. The molecule has 0 aliphatic carbocycles. The van der Waals surface area contributed by atoms with Crippen molar-refractivity contribution in [1.82, 2.24) is 9.80 Å². The number of rotatable bonds is 12. The quantitative estimate of drug-likeness (QED) is 0.261. The zero-order valence-electron chi connectivity index (χ0n) is 28.0. The summed E-state index contributed by atoms with van der Waals surface area (Å²) in [5.41, 5.74) is 2.01.